The molecular weight excluding hydrogens is 308 g/mol. The molecule has 3 heterocycles. The molecule has 0 aromatic heterocycles. The molecule has 23 heavy (non-hydrogen) atoms. The number of ether oxygens (including phenoxy) is 5. The van der Waals surface area contributed by atoms with Gasteiger partial charge >= 0.3 is 11.9 Å². The number of aliphatic hydroxyl groups is 1. The van der Waals surface area contributed by atoms with Crippen LogP contribution < -0.4 is 0 Å². The van der Waals surface area contributed by atoms with Gasteiger partial charge in [0.25, 0.3) is 5.79 Å². The molecule has 3 fully saturated rings. The molecule has 8 nitrogen and oxygen atoms in total. The van der Waals surface area contributed by atoms with Crippen molar-refractivity contribution in [2.24, 2.45) is 11.8 Å². The van der Waals surface area contributed by atoms with Crippen LogP contribution >= 0.6 is 0 Å². The van der Waals surface area contributed by atoms with E-state index in [1.807, 2.05) is 0 Å². The molecule has 3 aliphatic heterocycles. The van der Waals surface area contributed by atoms with Crippen LogP contribution in [0.2, 0.25) is 0 Å². The van der Waals surface area contributed by atoms with Crippen LogP contribution in [0.3, 0.4) is 0 Å². The maximum atomic E-state index is 12.4. The molecule has 0 aromatic carbocycles. The quantitative estimate of drug-likeness (QED) is 0.572. The molecule has 3 aliphatic rings. The third-order valence-corrected chi connectivity index (χ3v) is 4.20. The first-order valence-electron chi connectivity index (χ1n) is 7.72. The highest BCUT2D eigenvalue weighted by molar-refractivity contribution is 5.85. The standard InChI is InChI=1S/C15H20O8/c1-3-19-11(16)5-9-12(13(17)20-4-2)8-6-15(18,23-9)14-21-7-10(8)22-14/h5,8,10,12,14,18H,3-4,6-7H2,1-2H3/b9-5-/t8-,10+,12?,14+,15+/m0/s1. The van der Waals surface area contributed by atoms with E-state index in [0.717, 1.165) is 6.08 Å². The van der Waals surface area contributed by atoms with E-state index in [1.54, 1.807) is 13.8 Å². The van der Waals surface area contributed by atoms with E-state index in [4.69, 9.17) is 23.7 Å². The first-order chi connectivity index (χ1) is 11.0. The van der Waals surface area contributed by atoms with Crippen molar-refractivity contribution >= 4 is 11.9 Å². The Labute approximate surface area is 133 Å². The van der Waals surface area contributed by atoms with E-state index in [-0.39, 0.29) is 38.1 Å². The summed E-state index contributed by atoms with van der Waals surface area (Å²) in [6.45, 7) is 4.01. The van der Waals surface area contributed by atoms with Gasteiger partial charge in [0.05, 0.1) is 32.0 Å². The van der Waals surface area contributed by atoms with Crippen molar-refractivity contribution in [3.05, 3.63) is 11.8 Å². The summed E-state index contributed by atoms with van der Waals surface area (Å²) >= 11 is 0. The Morgan fingerprint density at radius 1 is 1.35 bits per heavy atom. The fourth-order valence-corrected chi connectivity index (χ4v) is 3.29. The van der Waals surface area contributed by atoms with Crippen LogP contribution in [-0.4, -0.2) is 55.0 Å². The lowest BCUT2D eigenvalue weighted by Crippen LogP contribution is -2.58. The van der Waals surface area contributed by atoms with Gasteiger partial charge in [-0.1, -0.05) is 0 Å². The second kappa shape index (κ2) is 6.10. The topological polar surface area (TPSA) is 101 Å². The highest BCUT2D eigenvalue weighted by atomic mass is 16.8. The molecule has 128 valence electrons. The zero-order valence-corrected chi connectivity index (χ0v) is 13.0. The Balaban J connectivity index is 1.94. The highest BCUT2D eigenvalue weighted by Crippen LogP contribution is 2.50. The molecule has 0 aliphatic carbocycles. The monoisotopic (exact) mass is 328 g/mol. The van der Waals surface area contributed by atoms with Gasteiger partial charge < -0.3 is 28.8 Å². The molecule has 1 unspecified atom stereocenters. The number of fused-ring (bicyclic) bond motifs is 6. The van der Waals surface area contributed by atoms with E-state index >= 15 is 0 Å². The number of esters is 2. The first-order valence-corrected chi connectivity index (χ1v) is 7.72. The average Bonchev–Trinajstić information content (AvgIpc) is 2.93. The zero-order valence-electron chi connectivity index (χ0n) is 13.0. The molecule has 4 bridgehead atoms. The maximum absolute atomic E-state index is 12.4. The Hall–Kier alpha value is -1.64. The summed E-state index contributed by atoms with van der Waals surface area (Å²) in [7, 11) is 0. The minimum atomic E-state index is -1.72. The third-order valence-electron chi connectivity index (χ3n) is 4.20. The van der Waals surface area contributed by atoms with Crippen molar-refractivity contribution in [1.29, 1.82) is 0 Å². The van der Waals surface area contributed by atoms with Crippen LogP contribution in [-0.2, 0) is 33.3 Å². The van der Waals surface area contributed by atoms with Crippen LogP contribution in [0.25, 0.3) is 0 Å². The van der Waals surface area contributed by atoms with Crippen molar-refractivity contribution in [3.63, 3.8) is 0 Å². The van der Waals surface area contributed by atoms with E-state index in [9.17, 15) is 14.7 Å². The van der Waals surface area contributed by atoms with Gasteiger partial charge in [0.1, 0.15) is 11.7 Å². The molecule has 5 atom stereocenters. The molecule has 1 N–H and O–H groups in total. The van der Waals surface area contributed by atoms with Gasteiger partial charge in [-0.15, -0.1) is 0 Å². The van der Waals surface area contributed by atoms with Crippen LogP contribution in [0.1, 0.15) is 20.3 Å². The van der Waals surface area contributed by atoms with Crippen molar-refractivity contribution in [2.75, 3.05) is 19.8 Å². The predicted molar refractivity (Wildman–Crippen MR) is 73.6 cm³/mol. The minimum absolute atomic E-state index is 0.0319. The van der Waals surface area contributed by atoms with E-state index in [2.05, 4.69) is 0 Å². The first kappa shape index (κ1) is 16.2. The second-order valence-corrected chi connectivity index (χ2v) is 5.68. The summed E-state index contributed by atoms with van der Waals surface area (Å²) < 4.78 is 26.5. The fraction of sp³-hybridized carbons (Fsp3) is 0.733. The lowest BCUT2D eigenvalue weighted by molar-refractivity contribution is -0.344. The molecule has 0 amide bonds. The van der Waals surface area contributed by atoms with E-state index in [1.165, 1.54) is 0 Å². The third kappa shape index (κ3) is 2.82. The lowest BCUT2D eigenvalue weighted by Gasteiger charge is -2.47. The van der Waals surface area contributed by atoms with Gasteiger partial charge in [-0.3, -0.25) is 4.79 Å². The Kier molecular flexibility index (Phi) is 4.31. The molecule has 0 radical (unpaired) electrons. The smallest absolute Gasteiger partial charge is 0.334 e. The molecule has 0 spiro atoms. The average molecular weight is 328 g/mol. The molecule has 0 saturated carbocycles. The SMILES string of the molecule is CCOC(=O)/C=C1\O[C@]2(O)C[C@H](C1C(=O)OCC)[C@H]1CO[C@@H]2O1. The fourth-order valence-electron chi connectivity index (χ4n) is 3.29. The number of hydrogen-bond donors (Lipinski definition) is 1. The Morgan fingerprint density at radius 3 is 2.78 bits per heavy atom. The predicted octanol–water partition coefficient (Wildman–Crippen LogP) is 0.0929. The number of carbonyl (C=O) groups excluding carboxylic acids is 2. The second-order valence-electron chi connectivity index (χ2n) is 5.68. The largest absolute Gasteiger partial charge is 0.465 e. The minimum Gasteiger partial charge on any atom is -0.465 e. The van der Waals surface area contributed by atoms with Crippen molar-refractivity contribution in [3.8, 4) is 0 Å². The van der Waals surface area contributed by atoms with Gasteiger partial charge in [0, 0.05) is 12.3 Å². The van der Waals surface area contributed by atoms with Crippen LogP contribution in [0.15, 0.2) is 11.8 Å². The maximum Gasteiger partial charge on any atom is 0.334 e. The molecule has 8 heteroatoms. The lowest BCUT2D eigenvalue weighted by atomic mass is 9.77. The van der Waals surface area contributed by atoms with Gasteiger partial charge in [0.15, 0.2) is 0 Å². The van der Waals surface area contributed by atoms with Crippen molar-refractivity contribution in [1.82, 2.24) is 0 Å². The summed E-state index contributed by atoms with van der Waals surface area (Å²) in [5, 5.41) is 10.6. The van der Waals surface area contributed by atoms with E-state index < -0.39 is 35.9 Å². The summed E-state index contributed by atoms with van der Waals surface area (Å²) in [4.78, 5) is 24.1. The van der Waals surface area contributed by atoms with E-state index in [0.29, 0.717) is 0 Å². The number of carbonyl (C=O) groups is 2. The molecule has 3 rings (SSSR count). The summed E-state index contributed by atoms with van der Waals surface area (Å²) in [5.74, 6) is -4.10. The van der Waals surface area contributed by atoms with Crippen LogP contribution in [0.4, 0.5) is 0 Å². The number of hydrogen-bond acceptors (Lipinski definition) is 8. The van der Waals surface area contributed by atoms with Crippen LogP contribution in [0.5, 0.6) is 0 Å². The number of rotatable bonds is 4. The summed E-state index contributed by atoms with van der Waals surface area (Å²) in [6, 6.07) is 0. The van der Waals surface area contributed by atoms with Gasteiger partial charge in [-0.05, 0) is 13.8 Å². The summed E-state index contributed by atoms with van der Waals surface area (Å²) in [6.07, 6.45) is -0.0273. The Bertz CT molecular complexity index is 530. The zero-order chi connectivity index (χ0) is 16.6. The van der Waals surface area contributed by atoms with Gasteiger partial charge in [-0.25, -0.2) is 4.79 Å². The molecule has 0 aromatic rings. The highest BCUT2D eigenvalue weighted by Gasteiger charge is 2.62. The van der Waals surface area contributed by atoms with Crippen molar-refractivity contribution in [2.45, 2.75) is 38.4 Å². The normalized spacial score (nSPS) is 39.7. The van der Waals surface area contributed by atoms with Gasteiger partial charge in [0.2, 0.25) is 6.29 Å². The molecular formula is C15H20O8. The Morgan fingerprint density at radius 2 is 2.09 bits per heavy atom. The van der Waals surface area contributed by atoms with Crippen molar-refractivity contribution < 1.29 is 38.4 Å². The molecule has 3 saturated heterocycles. The van der Waals surface area contributed by atoms with Gasteiger partial charge in [-0.2, -0.15) is 0 Å². The summed E-state index contributed by atoms with van der Waals surface area (Å²) in [5.41, 5.74) is 0. The van der Waals surface area contributed by atoms with Crippen LogP contribution in [0, 0.1) is 11.8 Å².